The first-order chi connectivity index (χ1) is 15.4. The highest BCUT2D eigenvalue weighted by atomic mass is 35.5. The molecule has 3 aromatic rings. The Morgan fingerprint density at radius 1 is 1.18 bits per heavy atom. The van der Waals surface area contributed by atoms with Crippen LogP contribution in [0.4, 0.5) is 17.6 Å². The number of nitrogens with zero attached hydrogens (tertiary/aromatic N) is 3. The lowest BCUT2D eigenvalue weighted by atomic mass is 10.2. The van der Waals surface area contributed by atoms with Crippen molar-refractivity contribution in [3.63, 3.8) is 0 Å². The molecule has 3 rings (SSSR count). The molecule has 0 unspecified atom stereocenters. The van der Waals surface area contributed by atoms with Crippen molar-refractivity contribution in [2.75, 3.05) is 12.4 Å². The molecule has 0 aliphatic carbocycles. The highest BCUT2D eigenvalue weighted by Gasteiger charge is 2.36. The molecular weight excluding hydrogens is 478 g/mol. The van der Waals surface area contributed by atoms with E-state index in [0.29, 0.717) is 6.07 Å². The monoisotopic (exact) mass is 489 g/mol. The maximum Gasteiger partial charge on any atom is 0.433 e. The van der Waals surface area contributed by atoms with Crippen LogP contribution in [0.2, 0.25) is 5.02 Å². The molecule has 0 spiro atoms. The van der Waals surface area contributed by atoms with Crippen molar-refractivity contribution in [3.05, 3.63) is 73.9 Å². The van der Waals surface area contributed by atoms with Crippen molar-refractivity contribution in [1.82, 2.24) is 14.2 Å². The Kier molecular flexibility index (Phi) is 6.30. The minimum absolute atomic E-state index is 0.0346. The van der Waals surface area contributed by atoms with Gasteiger partial charge in [-0.25, -0.2) is 23.4 Å². The smallest absolute Gasteiger partial charge is 0.433 e. The van der Waals surface area contributed by atoms with Crippen molar-refractivity contribution < 1.29 is 31.8 Å². The van der Waals surface area contributed by atoms with Gasteiger partial charge >= 0.3 is 11.9 Å². The summed E-state index contributed by atoms with van der Waals surface area (Å²) in [7, 11) is 0. The minimum atomic E-state index is -5.11. The number of aromatic nitrogens is 3. The van der Waals surface area contributed by atoms with Crippen LogP contribution in [-0.4, -0.2) is 26.7 Å². The maximum atomic E-state index is 14.6. The molecule has 0 radical (unpaired) electrons. The van der Waals surface area contributed by atoms with Gasteiger partial charge in [0.15, 0.2) is 18.1 Å². The zero-order valence-corrected chi connectivity index (χ0v) is 16.9. The number of alkyl halides is 3. The molecule has 0 saturated heterocycles. The molecule has 174 valence electrons. The predicted molar refractivity (Wildman–Crippen MR) is 105 cm³/mol. The largest absolute Gasteiger partial charge is 0.465 e. The molecule has 0 aliphatic rings. The number of hydrogen-bond donors (Lipinski definition) is 2. The summed E-state index contributed by atoms with van der Waals surface area (Å²) in [5.41, 5.74) is -0.694. The van der Waals surface area contributed by atoms with Gasteiger partial charge in [-0.05, 0) is 18.2 Å². The lowest BCUT2D eigenvalue weighted by Crippen LogP contribution is -2.45. The standard InChI is InChI=1S/C18H12ClF4N5O5/c19-8-4-9(20)10(27-15(30)6-13(18(21,22)23)28(25)17(27)31)5-12(8)33-11-2-1-3-26-16(11)32-7-14(24)29/h1-6H,7,25H2,(H2,24,29). The van der Waals surface area contributed by atoms with E-state index in [2.05, 4.69) is 4.98 Å². The number of hydrogen-bond acceptors (Lipinski definition) is 7. The van der Waals surface area contributed by atoms with Crippen molar-refractivity contribution in [1.29, 1.82) is 0 Å². The van der Waals surface area contributed by atoms with Gasteiger partial charge in [-0.2, -0.15) is 13.2 Å². The normalized spacial score (nSPS) is 11.3. The first-order valence-corrected chi connectivity index (χ1v) is 9.02. The Morgan fingerprint density at radius 3 is 2.52 bits per heavy atom. The molecule has 33 heavy (non-hydrogen) atoms. The third-order valence-electron chi connectivity index (χ3n) is 3.98. The van der Waals surface area contributed by atoms with Crippen molar-refractivity contribution in [2.24, 2.45) is 5.73 Å². The van der Waals surface area contributed by atoms with Crippen LogP contribution in [0.3, 0.4) is 0 Å². The number of carbonyl (C=O) groups excluding carboxylic acids is 1. The average molecular weight is 490 g/mol. The number of primary amides is 1. The maximum absolute atomic E-state index is 14.6. The molecule has 0 saturated carbocycles. The summed E-state index contributed by atoms with van der Waals surface area (Å²) in [5.74, 6) is 2.48. The summed E-state index contributed by atoms with van der Waals surface area (Å²) in [6.07, 6.45) is -3.81. The van der Waals surface area contributed by atoms with Crippen LogP contribution >= 0.6 is 11.6 Å². The summed E-state index contributed by atoms with van der Waals surface area (Å²) in [6, 6.07) is 4.24. The molecule has 0 aliphatic heterocycles. The molecule has 2 aromatic heterocycles. The fourth-order valence-corrected chi connectivity index (χ4v) is 2.77. The number of pyridine rings is 1. The molecule has 0 bridgehead atoms. The van der Waals surface area contributed by atoms with Gasteiger partial charge in [0.25, 0.3) is 17.3 Å². The number of nitrogens with two attached hydrogens (primary N) is 2. The highest BCUT2D eigenvalue weighted by Crippen LogP contribution is 2.36. The van der Waals surface area contributed by atoms with E-state index in [1.54, 1.807) is 0 Å². The van der Waals surface area contributed by atoms with E-state index in [9.17, 15) is 31.9 Å². The van der Waals surface area contributed by atoms with Crippen molar-refractivity contribution in [2.45, 2.75) is 6.18 Å². The number of nitrogen functional groups attached to an aromatic ring is 1. The first kappa shape index (κ1) is 23.6. The topological polar surface area (TPSA) is 144 Å². The lowest BCUT2D eigenvalue weighted by molar-refractivity contribution is -0.143. The second kappa shape index (κ2) is 8.82. The molecule has 1 amide bonds. The summed E-state index contributed by atoms with van der Waals surface area (Å²) < 4.78 is 63.9. The first-order valence-electron chi connectivity index (χ1n) is 8.65. The second-order valence-corrected chi connectivity index (χ2v) is 6.66. The summed E-state index contributed by atoms with van der Waals surface area (Å²) in [5, 5.41) is -0.339. The zero-order chi connectivity index (χ0) is 24.5. The molecule has 0 atom stereocenters. The average Bonchev–Trinajstić information content (AvgIpc) is 2.72. The minimum Gasteiger partial charge on any atom is -0.465 e. The molecule has 15 heteroatoms. The van der Waals surface area contributed by atoms with Crippen molar-refractivity contribution in [3.8, 4) is 23.1 Å². The van der Waals surface area contributed by atoms with E-state index < -0.39 is 47.1 Å². The van der Waals surface area contributed by atoms with Crippen LogP contribution in [0.15, 0.2) is 46.1 Å². The molecule has 4 N–H and O–H groups in total. The van der Waals surface area contributed by atoms with Gasteiger partial charge in [0, 0.05) is 18.3 Å². The van der Waals surface area contributed by atoms with Gasteiger partial charge in [-0.15, -0.1) is 0 Å². The Morgan fingerprint density at radius 2 is 1.88 bits per heavy atom. The van der Waals surface area contributed by atoms with Gasteiger partial charge in [0.1, 0.15) is 11.6 Å². The van der Waals surface area contributed by atoms with Gasteiger partial charge in [-0.3, -0.25) is 9.59 Å². The number of benzene rings is 1. The molecule has 1 aromatic carbocycles. The number of halogens is 5. The second-order valence-electron chi connectivity index (χ2n) is 6.25. The number of ether oxygens (including phenoxy) is 2. The summed E-state index contributed by atoms with van der Waals surface area (Å²) in [4.78, 5) is 39.4. The third-order valence-corrected chi connectivity index (χ3v) is 4.27. The van der Waals surface area contributed by atoms with Gasteiger partial charge in [0.05, 0.1) is 10.7 Å². The van der Waals surface area contributed by atoms with Crippen LogP contribution in [0.25, 0.3) is 5.69 Å². The van der Waals surface area contributed by atoms with Crippen LogP contribution in [0.1, 0.15) is 5.69 Å². The molecule has 2 heterocycles. The number of amides is 1. The molecule has 0 fully saturated rings. The summed E-state index contributed by atoms with van der Waals surface area (Å²) >= 11 is 5.97. The zero-order valence-electron chi connectivity index (χ0n) is 16.1. The van der Waals surface area contributed by atoms with E-state index >= 15 is 0 Å². The molecule has 10 nitrogen and oxygen atoms in total. The lowest BCUT2D eigenvalue weighted by Gasteiger charge is -2.16. The van der Waals surface area contributed by atoms with E-state index in [4.69, 9.17) is 32.7 Å². The van der Waals surface area contributed by atoms with Gasteiger partial charge in [-0.1, -0.05) is 11.6 Å². The predicted octanol–water partition coefficient (Wildman–Crippen LogP) is 1.58. The summed E-state index contributed by atoms with van der Waals surface area (Å²) in [6.45, 7) is -0.549. The number of rotatable bonds is 6. The number of carbonyl (C=O) groups is 1. The van der Waals surface area contributed by atoms with E-state index in [1.807, 2.05) is 0 Å². The fraction of sp³-hybridized carbons (Fsp3) is 0.111. The van der Waals surface area contributed by atoms with Crippen LogP contribution in [-0.2, 0) is 11.0 Å². The Hall–Kier alpha value is -4.07. The Labute approximate surface area is 185 Å². The molecular formula is C18H12ClF4N5O5. The Balaban J connectivity index is 2.12. The quantitative estimate of drug-likeness (QED) is 0.395. The van der Waals surface area contributed by atoms with E-state index in [1.165, 1.54) is 18.3 Å². The Bertz CT molecular complexity index is 1360. The van der Waals surface area contributed by atoms with Crippen molar-refractivity contribution >= 4 is 17.5 Å². The highest BCUT2D eigenvalue weighted by molar-refractivity contribution is 6.32. The van der Waals surface area contributed by atoms with Crippen LogP contribution in [0, 0.1) is 5.82 Å². The van der Waals surface area contributed by atoms with E-state index in [0.717, 1.165) is 6.07 Å². The van der Waals surface area contributed by atoms with Crippen LogP contribution < -0.4 is 32.3 Å². The van der Waals surface area contributed by atoms with Gasteiger partial charge < -0.3 is 21.1 Å². The SMILES string of the molecule is NC(=O)COc1ncccc1Oc1cc(-n2c(=O)cc(C(F)(F)F)n(N)c2=O)c(F)cc1Cl. The van der Waals surface area contributed by atoms with E-state index in [-0.39, 0.29) is 37.7 Å². The van der Waals surface area contributed by atoms with Crippen LogP contribution in [0.5, 0.6) is 17.4 Å². The fourth-order valence-electron chi connectivity index (χ4n) is 2.58. The van der Waals surface area contributed by atoms with Gasteiger partial charge in [0.2, 0.25) is 0 Å². The third kappa shape index (κ3) is 4.90.